The number of rotatable bonds is 3. The molecule has 18 heavy (non-hydrogen) atoms. The Kier molecular flexibility index (Phi) is 4.14. The molecule has 1 aliphatic heterocycles. The van der Waals surface area contributed by atoms with Crippen molar-refractivity contribution in [3.05, 3.63) is 28.8 Å². The van der Waals surface area contributed by atoms with Crippen molar-refractivity contribution in [2.24, 2.45) is 0 Å². The van der Waals surface area contributed by atoms with Gasteiger partial charge in [0, 0.05) is 23.9 Å². The van der Waals surface area contributed by atoms with Crippen LogP contribution in [0.4, 0.5) is 0 Å². The molecule has 0 aromatic heterocycles. The van der Waals surface area contributed by atoms with E-state index in [0.717, 1.165) is 6.42 Å². The first-order valence-corrected chi connectivity index (χ1v) is 6.45. The van der Waals surface area contributed by atoms with Crippen LogP contribution in [0, 0.1) is 0 Å². The first-order valence-electron chi connectivity index (χ1n) is 5.62. The summed E-state index contributed by atoms with van der Waals surface area (Å²) >= 11 is 10.1. The number of amides is 2. The lowest BCUT2D eigenvalue weighted by atomic mass is 10.2. The van der Waals surface area contributed by atoms with E-state index in [1.165, 1.54) is 0 Å². The summed E-state index contributed by atoms with van der Waals surface area (Å²) in [5, 5.41) is 5.93. The molecule has 0 saturated carbocycles. The van der Waals surface area contributed by atoms with E-state index in [4.69, 9.17) is 11.6 Å². The first-order chi connectivity index (χ1) is 8.56. The van der Waals surface area contributed by atoms with Crippen LogP contribution >= 0.6 is 24.2 Å². The van der Waals surface area contributed by atoms with Crippen LogP contribution in [-0.2, 0) is 4.79 Å². The highest BCUT2D eigenvalue weighted by molar-refractivity contribution is 7.80. The molecule has 1 aromatic rings. The minimum absolute atomic E-state index is 0.0133. The van der Waals surface area contributed by atoms with Gasteiger partial charge in [0.2, 0.25) is 5.91 Å². The molecule has 6 heteroatoms. The molecule has 0 bridgehead atoms. The Hall–Kier alpha value is -1.20. The molecule has 0 radical (unpaired) electrons. The summed E-state index contributed by atoms with van der Waals surface area (Å²) in [4.78, 5) is 23.6. The zero-order chi connectivity index (χ0) is 13.1. The van der Waals surface area contributed by atoms with Crippen molar-refractivity contribution in [3.63, 3.8) is 0 Å². The molecule has 0 spiro atoms. The van der Waals surface area contributed by atoms with Crippen LogP contribution in [0.5, 0.6) is 0 Å². The number of carbonyl (C=O) groups excluding carboxylic acids is 2. The Morgan fingerprint density at radius 3 is 3.00 bits per heavy atom. The predicted molar refractivity (Wildman–Crippen MR) is 72.2 cm³/mol. The van der Waals surface area contributed by atoms with Gasteiger partial charge in [-0.1, -0.05) is 11.6 Å². The smallest absolute Gasteiger partial charge is 0.252 e. The maximum absolute atomic E-state index is 11.9. The molecule has 1 aliphatic rings. The van der Waals surface area contributed by atoms with Gasteiger partial charge in [0.1, 0.15) is 0 Å². The van der Waals surface area contributed by atoms with E-state index in [-0.39, 0.29) is 17.9 Å². The van der Waals surface area contributed by atoms with Crippen LogP contribution in [0.15, 0.2) is 23.1 Å². The van der Waals surface area contributed by atoms with Gasteiger partial charge in [-0.15, -0.1) is 12.6 Å². The summed E-state index contributed by atoms with van der Waals surface area (Å²) in [5.74, 6) is -0.221. The van der Waals surface area contributed by atoms with E-state index >= 15 is 0 Å². The van der Waals surface area contributed by atoms with Crippen LogP contribution in [-0.4, -0.2) is 24.4 Å². The molecule has 96 valence electrons. The number of halogens is 1. The van der Waals surface area contributed by atoms with Crippen molar-refractivity contribution in [2.75, 3.05) is 6.54 Å². The normalized spacial score (nSPS) is 18.6. The van der Waals surface area contributed by atoms with E-state index in [9.17, 15) is 9.59 Å². The minimum atomic E-state index is -0.253. The number of benzene rings is 1. The summed E-state index contributed by atoms with van der Waals surface area (Å²) in [7, 11) is 0. The molecule has 1 atom stereocenters. The van der Waals surface area contributed by atoms with E-state index in [1.54, 1.807) is 18.2 Å². The maximum atomic E-state index is 11.9. The summed E-state index contributed by atoms with van der Waals surface area (Å²) < 4.78 is 0. The third-order valence-electron chi connectivity index (χ3n) is 2.79. The second-order valence-corrected chi connectivity index (χ2v) is 5.10. The van der Waals surface area contributed by atoms with Crippen LogP contribution in [0.1, 0.15) is 23.2 Å². The van der Waals surface area contributed by atoms with E-state index in [2.05, 4.69) is 23.3 Å². The van der Waals surface area contributed by atoms with Crippen LogP contribution in [0.3, 0.4) is 0 Å². The largest absolute Gasteiger partial charge is 0.352 e. The highest BCUT2D eigenvalue weighted by Gasteiger charge is 2.21. The number of thiol groups is 1. The molecule has 0 aliphatic carbocycles. The lowest BCUT2D eigenvalue weighted by Crippen LogP contribution is -2.38. The van der Waals surface area contributed by atoms with Crippen LogP contribution in [0.2, 0.25) is 5.02 Å². The van der Waals surface area contributed by atoms with Gasteiger partial charge in [-0.3, -0.25) is 9.59 Å². The number of hydrogen-bond acceptors (Lipinski definition) is 3. The van der Waals surface area contributed by atoms with Gasteiger partial charge >= 0.3 is 0 Å². The van der Waals surface area contributed by atoms with Crippen molar-refractivity contribution in [1.82, 2.24) is 10.6 Å². The number of carbonyl (C=O) groups is 2. The molecule has 2 N–H and O–H groups in total. The topological polar surface area (TPSA) is 58.2 Å². The Labute approximate surface area is 115 Å². The summed E-state index contributed by atoms with van der Waals surface area (Å²) in [5.41, 5.74) is 0.397. The Morgan fingerprint density at radius 1 is 1.56 bits per heavy atom. The van der Waals surface area contributed by atoms with Crippen molar-refractivity contribution < 1.29 is 9.59 Å². The second kappa shape index (κ2) is 5.63. The van der Waals surface area contributed by atoms with Crippen molar-refractivity contribution >= 4 is 36.0 Å². The fourth-order valence-corrected chi connectivity index (χ4v) is 2.24. The van der Waals surface area contributed by atoms with Gasteiger partial charge in [0.25, 0.3) is 5.91 Å². The molecule has 1 fully saturated rings. The molecule has 2 amide bonds. The molecule has 4 nitrogen and oxygen atoms in total. The number of hydrogen-bond donors (Lipinski definition) is 3. The monoisotopic (exact) mass is 284 g/mol. The predicted octanol–water partition coefficient (Wildman–Crippen LogP) is 1.64. The Bertz CT molecular complexity index is 493. The molecule has 1 saturated heterocycles. The average molecular weight is 285 g/mol. The Morgan fingerprint density at radius 2 is 2.33 bits per heavy atom. The summed E-state index contributed by atoms with van der Waals surface area (Å²) in [6.45, 7) is 0.414. The molecule has 1 heterocycles. The molecule has 1 aromatic carbocycles. The molecule has 2 rings (SSSR count). The maximum Gasteiger partial charge on any atom is 0.252 e. The zero-order valence-electron chi connectivity index (χ0n) is 9.57. The van der Waals surface area contributed by atoms with Gasteiger partial charge in [-0.25, -0.2) is 0 Å². The summed E-state index contributed by atoms with van der Waals surface area (Å²) in [6, 6.07) is 4.99. The van der Waals surface area contributed by atoms with E-state index in [1.807, 2.05) is 0 Å². The third-order valence-corrected chi connectivity index (χ3v) is 3.40. The molecular formula is C12H13ClN2O2S. The van der Waals surface area contributed by atoms with Crippen molar-refractivity contribution in [2.45, 2.75) is 23.8 Å². The lowest BCUT2D eigenvalue weighted by Gasteiger charge is -2.12. The van der Waals surface area contributed by atoms with Gasteiger partial charge in [0.15, 0.2) is 0 Å². The first kappa shape index (κ1) is 13.2. The number of nitrogens with one attached hydrogen (secondary N) is 2. The molecular weight excluding hydrogens is 272 g/mol. The van der Waals surface area contributed by atoms with E-state index in [0.29, 0.717) is 28.4 Å². The van der Waals surface area contributed by atoms with Gasteiger partial charge in [-0.2, -0.15) is 0 Å². The fraction of sp³-hybridized carbons (Fsp3) is 0.333. The Balaban J connectivity index is 1.95. The third kappa shape index (κ3) is 3.17. The van der Waals surface area contributed by atoms with Crippen LogP contribution < -0.4 is 10.6 Å². The second-order valence-electron chi connectivity index (χ2n) is 4.18. The lowest BCUT2D eigenvalue weighted by molar-refractivity contribution is -0.119. The SMILES string of the molecule is O=C1CCC(CNC(=O)c2cc(S)ccc2Cl)N1. The quantitative estimate of drug-likeness (QED) is 0.739. The summed E-state index contributed by atoms with van der Waals surface area (Å²) in [6.07, 6.45) is 1.27. The standard InChI is InChI=1S/C12H13ClN2O2S/c13-10-3-2-8(18)5-9(10)12(17)14-6-7-1-4-11(16)15-7/h2-3,5,7,18H,1,4,6H2,(H,14,17)(H,15,16). The highest BCUT2D eigenvalue weighted by atomic mass is 35.5. The van der Waals surface area contributed by atoms with Gasteiger partial charge < -0.3 is 10.6 Å². The van der Waals surface area contributed by atoms with Crippen LogP contribution in [0.25, 0.3) is 0 Å². The van der Waals surface area contributed by atoms with E-state index < -0.39 is 0 Å². The minimum Gasteiger partial charge on any atom is -0.352 e. The fourth-order valence-electron chi connectivity index (χ4n) is 1.83. The zero-order valence-corrected chi connectivity index (χ0v) is 11.2. The van der Waals surface area contributed by atoms with Gasteiger partial charge in [0.05, 0.1) is 10.6 Å². The van der Waals surface area contributed by atoms with Crippen molar-refractivity contribution in [3.8, 4) is 0 Å². The van der Waals surface area contributed by atoms with Gasteiger partial charge in [-0.05, 0) is 24.6 Å². The highest BCUT2D eigenvalue weighted by Crippen LogP contribution is 2.19. The average Bonchev–Trinajstić information content (AvgIpc) is 2.75. The van der Waals surface area contributed by atoms with Crippen molar-refractivity contribution in [1.29, 1.82) is 0 Å². The molecule has 1 unspecified atom stereocenters.